The maximum Gasteiger partial charge on any atom is 0.179 e. The van der Waals surface area contributed by atoms with Gasteiger partial charge < -0.3 is 14.1 Å². The minimum atomic E-state index is 0.754. The van der Waals surface area contributed by atoms with Crippen LogP contribution in [0.15, 0.2) is 31.0 Å². The summed E-state index contributed by atoms with van der Waals surface area (Å²) in [5, 5.41) is 0. The first-order valence-electron chi connectivity index (χ1n) is 6.75. The molecule has 5 nitrogen and oxygen atoms in total. The second kappa shape index (κ2) is 5.58. The number of unbranched alkanes of at least 4 members (excludes halogenated alkanes) is 1. The molecule has 0 aliphatic heterocycles. The fraction of sp³-hybridized carbons (Fsp3) is 0.357. The Morgan fingerprint density at radius 1 is 1.25 bits per heavy atom. The summed E-state index contributed by atoms with van der Waals surface area (Å²) < 4.78 is 4.94. The van der Waals surface area contributed by atoms with Gasteiger partial charge in [-0.2, -0.15) is 0 Å². The predicted molar refractivity (Wildman–Crippen MR) is 81.1 cm³/mol. The molecule has 0 aromatic carbocycles. The zero-order valence-corrected chi connectivity index (χ0v) is 12.2. The van der Waals surface area contributed by atoms with Crippen molar-refractivity contribution >= 4 is 23.4 Å². The number of H-pyrrole nitrogens is 1. The summed E-state index contributed by atoms with van der Waals surface area (Å²) in [7, 11) is 0. The lowest BCUT2D eigenvalue weighted by Gasteiger charge is -2.05. The molecule has 0 radical (unpaired) electrons. The molecule has 0 spiro atoms. The van der Waals surface area contributed by atoms with E-state index in [9.17, 15) is 0 Å². The predicted octanol–water partition coefficient (Wildman–Crippen LogP) is 3.08. The number of pyridine rings is 1. The molecule has 20 heavy (non-hydrogen) atoms. The van der Waals surface area contributed by atoms with Gasteiger partial charge in [0.1, 0.15) is 0 Å². The van der Waals surface area contributed by atoms with E-state index >= 15 is 0 Å². The van der Waals surface area contributed by atoms with Crippen molar-refractivity contribution in [1.29, 1.82) is 0 Å². The smallest absolute Gasteiger partial charge is 0.179 e. The van der Waals surface area contributed by atoms with E-state index in [0.29, 0.717) is 0 Å². The van der Waals surface area contributed by atoms with E-state index in [2.05, 4.69) is 31.0 Å². The third kappa shape index (κ3) is 2.51. The van der Waals surface area contributed by atoms with Crippen molar-refractivity contribution in [2.24, 2.45) is 0 Å². The molecule has 0 aliphatic carbocycles. The summed E-state index contributed by atoms with van der Waals surface area (Å²) in [5.41, 5.74) is 3.18. The summed E-state index contributed by atoms with van der Waals surface area (Å²) in [6.07, 6.45) is 9.64. The van der Waals surface area contributed by atoms with Crippen molar-refractivity contribution in [1.82, 2.24) is 24.1 Å². The third-order valence-corrected chi connectivity index (χ3v) is 3.80. The molecule has 3 aromatic rings. The van der Waals surface area contributed by atoms with Gasteiger partial charge in [0.25, 0.3) is 0 Å². The minimum Gasteiger partial charge on any atom is -0.337 e. The number of imidazole rings is 2. The lowest BCUT2D eigenvalue weighted by Crippen LogP contribution is -2.02. The second-order valence-corrected chi connectivity index (χ2v) is 5.30. The molecule has 0 aliphatic rings. The highest BCUT2D eigenvalue weighted by Gasteiger charge is 2.06. The summed E-state index contributed by atoms with van der Waals surface area (Å²) in [5.74, 6) is 0. The van der Waals surface area contributed by atoms with Crippen molar-refractivity contribution in [3.05, 3.63) is 41.3 Å². The molecule has 0 fully saturated rings. The van der Waals surface area contributed by atoms with Crippen LogP contribution in [0.25, 0.3) is 11.2 Å². The van der Waals surface area contributed by atoms with Crippen LogP contribution >= 0.6 is 12.2 Å². The van der Waals surface area contributed by atoms with Crippen molar-refractivity contribution < 1.29 is 0 Å². The number of hydrogen-bond donors (Lipinski definition) is 1. The standard InChI is InChI=1S/C14H17N5S/c1-11-4-5-16-13-12(11)17-14(20)19(13)8-3-2-7-18-9-6-15-10-18/h4-6,9-10H,2-3,7-8H2,1H3,(H,17,20). The Hall–Kier alpha value is -1.95. The van der Waals surface area contributed by atoms with E-state index in [1.165, 1.54) is 5.56 Å². The highest BCUT2D eigenvalue weighted by molar-refractivity contribution is 7.71. The lowest BCUT2D eigenvalue weighted by molar-refractivity contribution is 0.555. The summed E-state index contributed by atoms with van der Waals surface area (Å²) in [6.45, 7) is 3.95. The van der Waals surface area contributed by atoms with Crippen LogP contribution in [0.2, 0.25) is 0 Å². The van der Waals surface area contributed by atoms with E-state index < -0.39 is 0 Å². The molecule has 3 rings (SSSR count). The topological polar surface area (TPSA) is 51.4 Å². The molecular weight excluding hydrogens is 270 g/mol. The van der Waals surface area contributed by atoms with E-state index in [0.717, 1.165) is 41.9 Å². The van der Waals surface area contributed by atoms with E-state index in [4.69, 9.17) is 12.2 Å². The number of aromatic nitrogens is 5. The van der Waals surface area contributed by atoms with Crippen LogP contribution in [0.4, 0.5) is 0 Å². The zero-order valence-electron chi connectivity index (χ0n) is 11.4. The van der Waals surface area contributed by atoms with Gasteiger partial charge >= 0.3 is 0 Å². The van der Waals surface area contributed by atoms with Crippen LogP contribution in [0.3, 0.4) is 0 Å². The van der Waals surface area contributed by atoms with Crippen LogP contribution in [0.5, 0.6) is 0 Å². The maximum absolute atomic E-state index is 5.39. The first-order valence-corrected chi connectivity index (χ1v) is 7.16. The van der Waals surface area contributed by atoms with Crippen molar-refractivity contribution in [3.8, 4) is 0 Å². The Kier molecular flexibility index (Phi) is 3.64. The quantitative estimate of drug-likeness (QED) is 0.579. The largest absolute Gasteiger partial charge is 0.337 e. The molecule has 104 valence electrons. The van der Waals surface area contributed by atoms with Gasteiger partial charge in [-0.3, -0.25) is 0 Å². The molecule has 6 heteroatoms. The number of aromatic amines is 1. The number of rotatable bonds is 5. The molecule has 3 aromatic heterocycles. The van der Waals surface area contributed by atoms with Gasteiger partial charge in [0.05, 0.1) is 11.8 Å². The van der Waals surface area contributed by atoms with Crippen LogP contribution in [-0.4, -0.2) is 24.1 Å². The van der Waals surface area contributed by atoms with Gasteiger partial charge in [0.15, 0.2) is 10.4 Å². The molecule has 0 saturated carbocycles. The lowest BCUT2D eigenvalue weighted by atomic mass is 10.2. The number of nitrogens with one attached hydrogen (secondary N) is 1. The maximum atomic E-state index is 5.39. The van der Waals surface area contributed by atoms with Crippen LogP contribution in [0, 0.1) is 11.7 Å². The highest BCUT2D eigenvalue weighted by Crippen LogP contribution is 2.16. The van der Waals surface area contributed by atoms with Gasteiger partial charge in [0, 0.05) is 31.7 Å². The number of hydrogen-bond acceptors (Lipinski definition) is 3. The number of nitrogens with zero attached hydrogens (tertiary/aromatic N) is 4. The Morgan fingerprint density at radius 3 is 2.90 bits per heavy atom. The van der Waals surface area contributed by atoms with Gasteiger partial charge in [-0.1, -0.05) is 0 Å². The number of fused-ring (bicyclic) bond motifs is 1. The molecular formula is C14H17N5S. The Bertz CT molecular complexity index is 754. The van der Waals surface area contributed by atoms with E-state index in [-0.39, 0.29) is 0 Å². The Morgan fingerprint density at radius 2 is 2.10 bits per heavy atom. The fourth-order valence-corrected chi connectivity index (χ4v) is 2.64. The average Bonchev–Trinajstić information content (AvgIpc) is 3.04. The third-order valence-electron chi connectivity index (χ3n) is 3.48. The van der Waals surface area contributed by atoms with Crippen LogP contribution < -0.4 is 0 Å². The summed E-state index contributed by atoms with van der Waals surface area (Å²) >= 11 is 5.39. The zero-order chi connectivity index (χ0) is 13.9. The minimum absolute atomic E-state index is 0.754. The second-order valence-electron chi connectivity index (χ2n) is 4.92. The van der Waals surface area contributed by atoms with Crippen LogP contribution in [-0.2, 0) is 13.1 Å². The van der Waals surface area contributed by atoms with Crippen molar-refractivity contribution in [2.75, 3.05) is 0 Å². The van der Waals surface area contributed by atoms with Gasteiger partial charge in [-0.25, -0.2) is 9.97 Å². The normalized spacial score (nSPS) is 11.2. The fourth-order valence-electron chi connectivity index (χ4n) is 2.36. The summed E-state index contributed by atoms with van der Waals surface area (Å²) in [4.78, 5) is 11.7. The Labute approximate surface area is 122 Å². The van der Waals surface area contributed by atoms with E-state index in [1.54, 1.807) is 0 Å². The van der Waals surface area contributed by atoms with Crippen molar-refractivity contribution in [3.63, 3.8) is 0 Å². The molecule has 1 N–H and O–H groups in total. The van der Waals surface area contributed by atoms with Gasteiger partial charge in [0.2, 0.25) is 0 Å². The molecule has 0 atom stereocenters. The SMILES string of the molecule is Cc1ccnc2c1[nH]c(=S)n2CCCCn1ccnc1. The monoisotopic (exact) mass is 287 g/mol. The Balaban J connectivity index is 1.70. The van der Waals surface area contributed by atoms with E-state index in [1.807, 2.05) is 31.0 Å². The summed E-state index contributed by atoms with van der Waals surface area (Å²) in [6, 6.07) is 2.00. The molecule has 0 saturated heterocycles. The first kappa shape index (κ1) is 13.1. The molecule has 3 heterocycles. The van der Waals surface area contributed by atoms with Gasteiger partial charge in [-0.15, -0.1) is 0 Å². The van der Waals surface area contributed by atoms with Crippen molar-refractivity contribution in [2.45, 2.75) is 32.9 Å². The molecule has 0 amide bonds. The average molecular weight is 287 g/mol. The number of aryl methyl sites for hydroxylation is 3. The first-order chi connectivity index (χ1) is 9.75. The highest BCUT2D eigenvalue weighted by atomic mass is 32.1. The van der Waals surface area contributed by atoms with Gasteiger partial charge in [-0.05, 0) is 43.6 Å². The molecule has 0 bridgehead atoms. The molecule has 0 unspecified atom stereocenters. The van der Waals surface area contributed by atoms with Crippen LogP contribution in [0.1, 0.15) is 18.4 Å².